The van der Waals surface area contributed by atoms with Crippen LogP contribution in [-0.4, -0.2) is 37.2 Å². The highest BCUT2D eigenvalue weighted by Gasteiger charge is 2.23. The van der Waals surface area contributed by atoms with Gasteiger partial charge in [0.2, 0.25) is 0 Å². The van der Waals surface area contributed by atoms with E-state index in [1.54, 1.807) is 0 Å². The SMILES string of the molecule is C=C1CCCC(N2CCOCC2)C1. The Labute approximate surface area is 80.6 Å². The van der Waals surface area contributed by atoms with Gasteiger partial charge in [-0.3, -0.25) is 4.90 Å². The van der Waals surface area contributed by atoms with Crippen molar-refractivity contribution in [1.29, 1.82) is 0 Å². The molecule has 0 bridgehead atoms. The Hall–Kier alpha value is -0.340. The fraction of sp³-hybridized carbons (Fsp3) is 0.818. The highest BCUT2D eigenvalue weighted by molar-refractivity contribution is 5.02. The molecule has 74 valence electrons. The monoisotopic (exact) mass is 181 g/mol. The maximum atomic E-state index is 5.35. The second-order valence-corrected chi connectivity index (χ2v) is 4.15. The van der Waals surface area contributed by atoms with Gasteiger partial charge in [-0.25, -0.2) is 0 Å². The summed E-state index contributed by atoms with van der Waals surface area (Å²) in [6, 6.07) is 0.769. The zero-order valence-electron chi connectivity index (χ0n) is 8.30. The van der Waals surface area contributed by atoms with E-state index in [-0.39, 0.29) is 0 Å². The van der Waals surface area contributed by atoms with Gasteiger partial charge in [0.1, 0.15) is 0 Å². The molecular formula is C11H19NO. The minimum Gasteiger partial charge on any atom is -0.379 e. The molecule has 0 spiro atoms. The predicted molar refractivity (Wildman–Crippen MR) is 53.8 cm³/mol. The molecule has 0 amide bonds. The molecule has 1 heterocycles. The van der Waals surface area contributed by atoms with Gasteiger partial charge in [-0.1, -0.05) is 12.2 Å². The molecule has 2 aliphatic rings. The highest BCUT2D eigenvalue weighted by Crippen LogP contribution is 2.26. The van der Waals surface area contributed by atoms with Crippen molar-refractivity contribution in [3.05, 3.63) is 12.2 Å². The largest absolute Gasteiger partial charge is 0.379 e. The van der Waals surface area contributed by atoms with Gasteiger partial charge in [0.25, 0.3) is 0 Å². The summed E-state index contributed by atoms with van der Waals surface area (Å²) in [5.74, 6) is 0. The summed E-state index contributed by atoms with van der Waals surface area (Å²) >= 11 is 0. The van der Waals surface area contributed by atoms with Crippen molar-refractivity contribution in [3.63, 3.8) is 0 Å². The third kappa shape index (κ3) is 2.32. The first-order valence-electron chi connectivity index (χ1n) is 5.35. The summed E-state index contributed by atoms with van der Waals surface area (Å²) in [6.45, 7) is 8.19. The lowest BCUT2D eigenvalue weighted by Gasteiger charge is -2.37. The van der Waals surface area contributed by atoms with E-state index in [0.717, 1.165) is 32.3 Å². The van der Waals surface area contributed by atoms with Gasteiger partial charge in [0.15, 0.2) is 0 Å². The fourth-order valence-corrected chi connectivity index (χ4v) is 2.38. The minimum absolute atomic E-state index is 0.769. The molecule has 1 aliphatic heterocycles. The van der Waals surface area contributed by atoms with Crippen LogP contribution in [0.15, 0.2) is 12.2 Å². The summed E-state index contributed by atoms with van der Waals surface area (Å²) < 4.78 is 5.35. The normalized spacial score (nSPS) is 32.0. The quantitative estimate of drug-likeness (QED) is 0.572. The molecular weight excluding hydrogens is 162 g/mol. The average molecular weight is 181 g/mol. The van der Waals surface area contributed by atoms with Crippen molar-refractivity contribution in [2.45, 2.75) is 31.7 Å². The number of ether oxygens (including phenoxy) is 1. The highest BCUT2D eigenvalue weighted by atomic mass is 16.5. The molecule has 1 aliphatic carbocycles. The third-order valence-corrected chi connectivity index (χ3v) is 3.15. The molecule has 13 heavy (non-hydrogen) atoms. The predicted octanol–water partition coefficient (Wildman–Crippen LogP) is 1.82. The van der Waals surface area contributed by atoms with Crippen LogP contribution < -0.4 is 0 Å². The minimum atomic E-state index is 0.769. The lowest BCUT2D eigenvalue weighted by molar-refractivity contribution is 0.0123. The van der Waals surface area contributed by atoms with E-state index in [1.807, 2.05) is 0 Å². The van der Waals surface area contributed by atoms with Crippen molar-refractivity contribution in [2.24, 2.45) is 0 Å². The summed E-state index contributed by atoms with van der Waals surface area (Å²) in [7, 11) is 0. The summed E-state index contributed by atoms with van der Waals surface area (Å²) in [5.41, 5.74) is 1.45. The van der Waals surface area contributed by atoms with E-state index < -0.39 is 0 Å². The van der Waals surface area contributed by atoms with Gasteiger partial charge in [-0.2, -0.15) is 0 Å². The Balaban J connectivity index is 1.87. The molecule has 2 rings (SSSR count). The number of rotatable bonds is 1. The number of hydrogen-bond donors (Lipinski definition) is 0. The van der Waals surface area contributed by atoms with E-state index >= 15 is 0 Å². The van der Waals surface area contributed by atoms with Crippen LogP contribution in [-0.2, 0) is 4.74 Å². The molecule has 0 radical (unpaired) electrons. The Bertz CT molecular complexity index is 185. The van der Waals surface area contributed by atoms with E-state index in [0.29, 0.717) is 0 Å². The second kappa shape index (κ2) is 4.25. The van der Waals surface area contributed by atoms with Gasteiger partial charge in [0.05, 0.1) is 13.2 Å². The van der Waals surface area contributed by atoms with Crippen LogP contribution in [0.4, 0.5) is 0 Å². The standard InChI is InChI=1S/C11H19NO/c1-10-3-2-4-11(9-10)12-5-7-13-8-6-12/h11H,1-9H2. The summed E-state index contributed by atoms with van der Waals surface area (Å²) in [4.78, 5) is 2.58. The first-order chi connectivity index (χ1) is 6.36. The van der Waals surface area contributed by atoms with Gasteiger partial charge in [-0.05, 0) is 25.7 Å². The number of morpholine rings is 1. The number of hydrogen-bond acceptors (Lipinski definition) is 2. The third-order valence-electron chi connectivity index (χ3n) is 3.15. The van der Waals surface area contributed by atoms with Crippen LogP contribution in [0.3, 0.4) is 0 Å². The molecule has 1 atom stereocenters. The average Bonchev–Trinajstić information content (AvgIpc) is 2.19. The molecule has 2 heteroatoms. The first kappa shape index (κ1) is 9.22. The van der Waals surface area contributed by atoms with Crippen LogP contribution in [0.1, 0.15) is 25.7 Å². The van der Waals surface area contributed by atoms with Crippen molar-refractivity contribution < 1.29 is 4.74 Å². The van der Waals surface area contributed by atoms with E-state index in [2.05, 4.69) is 11.5 Å². The number of nitrogens with zero attached hydrogens (tertiary/aromatic N) is 1. The lowest BCUT2D eigenvalue weighted by atomic mass is 9.90. The zero-order valence-corrected chi connectivity index (χ0v) is 8.30. The van der Waals surface area contributed by atoms with Crippen molar-refractivity contribution in [2.75, 3.05) is 26.3 Å². The van der Waals surface area contributed by atoms with Crippen LogP contribution >= 0.6 is 0 Å². The van der Waals surface area contributed by atoms with E-state index in [4.69, 9.17) is 4.74 Å². The molecule has 2 fully saturated rings. The van der Waals surface area contributed by atoms with Crippen molar-refractivity contribution >= 4 is 0 Å². The van der Waals surface area contributed by atoms with Crippen LogP contribution in [0.2, 0.25) is 0 Å². The molecule has 1 saturated heterocycles. The molecule has 2 nitrogen and oxygen atoms in total. The van der Waals surface area contributed by atoms with Crippen molar-refractivity contribution in [1.82, 2.24) is 4.90 Å². The van der Waals surface area contributed by atoms with E-state index in [1.165, 1.54) is 31.3 Å². The molecule has 0 aromatic carbocycles. The molecule has 0 N–H and O–H groups in total. The Morgan fingerprint density at radius 1 is 1.31 bits per heavy atom. The van der Waals surface area contributed by atoms with Crippen LogP contribution in [0, 0.1) is 0 Å². The molecule has 0 aromatic rings. The summed E-state index contributed by atoms with van der Waals surface area (Å²) in [5, 5.41) is 0. The van der Waals surface area contributed by atoms with Crippen LogP contribution in [0.5, 0.6) is 0 Å². The fourth-order valence-electron chi connectivity index (χ4n) is 2.38. The van der Waals surface area contributed by atoms with Gasteiger partial charge in [0, 0.05) is 19.1 Å². The van der Waals surface area contributed by atoms with Crippen LogP contribution in [0.25, 0.3) is 0 Å². The Morgan fingerprint density at radius 3 is 2.77 bits per heavy atom. The van der Waals surface area contributed by atoms with Crippen molar-refractivity contribution in [3.8, 4) is 0 Å². The molecule has 0 aromatic heterocycles. The lowest BCUT2D eigenvalue weighted by Crippen LogP contribution is -2.44. The zero-order chi connectivity index (χ0) is 9.10. The second-order valence-electron chi connectivity index (χ2n) is 4.15. The maximum Gasteiger partial charge on any atom is 0.0594 e. The topological polar surface area (TPSA) is 12.5 Å². The Morgan fingerprint density at radius 2 is 2.08 bits per heavy atom. The smallest absolute Gasteiger partial charge is 0.0594 e. The molecule has 1 saturated carbocycles. The Kier molecular flexibility index (Phi) is 3.01. The molecule has 1 unspecified atom stereocenters. The summed E-state index contributed by atoms with van der Waals surface area (Å²) in [6.07, 6.45) is 5.17. The van der Waals surface area contributed by atoms with Gasteiger partial charge in [-0.15, -0.1) is 0 Å². The van der Waals surface area contributed by atoms with Gasteiger partial charge >= 0.3 is 0 Å². The maximum absolute atomic E-state index is 5.35. The van der Waals surface area contributed by atoms with Gasteiger partial charge < -0.3 is 4.74 Å². The van der Waals surface area contributed by atoms with E-state index in [9.17, 15) is 0 Å². The first-order valence-corrected chi connectivity index (χ1v) is 5.35.